The predicted octanol–water partition coefficient (Wildman–Crippen LogP) is 4.15. The molecule has 9 heteroatoms. The maximum atomic E-state index is 14.6. The van der Waals surface area contributed by atoms with Crippen molar-refractivity contribution in [1.82, 2.24) is 19.6 Å². The van der Waals surface area contributed by atoms with E-state index < -0.39 is 24.1 Å². The first-order valence-corrected chi connectivity index (χ1v) is 11.1. The van der Waals surface area contributed by atoms with Gasteiger partial charge in [0.25, 0.3) is 0 Å². The lowest BCUT2D eigenvalue weighted by atomic mass is 10.0. The number of aliphatic hydroxyl groups excluding tert-OH is 1. The van der Waals surface area contributed by atoms with Crippen molar-refractivity contribution in [1.29, 1.82) is 0 Å². The third kappa shape index (κ3) is 4.19. The summed E-state index contributed by atoms with van der Waals surface area (Å²) in [6, 6.07) is 11.2. The summed E-state index contributed by atoms with van der Waals surface area (Å²) in [7, 11) is 1.52. The van der Waals surface area contributed by atoms with Crippen LogP contribution in [-0.4, -0.2) is 50.6 Å². The van der Waals surface area contributed by atoms with Crippen molar-refractivity contribution in [3.05, 3.63) is 71.8 Å². The number of rotatable bonds is 6. The molecule has 4 aromatic rings. The summed E-state index contributed by atoms with van der Waals surface area (Å²) in [4.78, 5) is 10.7. The molecule has 0 saturated carbocycles. The lowest BCUT2D eigenvalue weighted by Crippen LogP contribution is -2.25. The van der Waals surface area contributed by atoms with Gasteiger partial charge in [0.1, 0.15) is 29.3 Å². The molecular formula is C25H25F2N5O2. The normalized spacial score (nSPS) is 19.0. The fourth-order valence-electron chi connectivity index (χ4n) is 4.57. The summed E-state index contributed by atoms with van der Waals surface area (Å²) in [6.45, 7) is 1.87. The van der Waals surface area contributed by atoms with Gasteiger partial charge in [-0.05, 0) is 61.4 Å². The number of aromatic nitrogens is 4. The van der Waals surface area contributed by atoms with Crippen LogP contribution < -0.4 is 9.64 Å². The van der Waals surface area contributed by atoms with Crippen LogP contribution in [0.15, 0.2) is 54.9 Å². The van der Waals surface area contributed by atoms with Gasteiger partial charge in [0.05, 0.1) is 37.7 Å². The maximum Gasteiger partial charge on any atom is 0.154 e. The molecule has 3 aromatic heterocycles. The molecule has 1 N–H and O–H groups in total. The smallest absolute Gasteiger partial charge is 0.154 e. The minimum Gasteiger partial charge on any atom is -0.496 e. The molecule has 34 heavy (non-hydrogen) atoms. The van der Waals surface area contributed by atoms with E-state index in [0.29, 0.717) is 40.6 Å². The van der Waals surface area contributed by atoms with Gasteiger partial charge in [0, 0.05) is 18.2 Å². The first-order chi connectivity index (χ1) is 16.4. The van der Waals surface area contributed by atoms with Crippen molar-refractivity contribution >= 4 is 11.5 Å². The van der Waals surface area contributed by atoms with Gasteiger partial charge >= 0.3 is 0 Å². The molecule has 3 atom stereocenters. The number of aliphatic hydroxyl groups is 1. The highest BCUT2D eigenvalue weighted by Crippen LogP contribution is 2.40. The van der Waals surface area contributed by atoms with Crippen molar-refractivity contribution in [2.75, 3.05) is 18.6 Å². The molecule has 1 aliphatic rings. The molecule has 0 bridgehead atoms. The Morgan fingerprint density at radius 3 is 2.82 bits per heavy atom. The predicted molar refractivity (Wildman–Crippen MR) is 124 cm³/mol. The number of fused-ring (bicyclic) bond motifs is 1. The Labute approximate surface area is 195 Å². The van der Waals surface area contributed by atoms with Crippen LogP contribution in [0.1, 0.15) is 30.5 Å². The molecule has 0 radical (unpaired) electrons. The van der Waals surface area contributed by atoms with Crippen LogP contribution in [0.3, 0.4) is 0 Å². The minimum atomic E-state index is -1.09. The van der Waals surface area contributed by atoms with Crippen molar-refractivity contribution in [3.8, 4) is 17.1 Å². The van der Waals surface area contributed by atoms with E-state index in [1.807, 2.05) is 23.1 Å². The van der Waals surface area contributed by atoms with Crippen molar-refractivity contribution in [2.45, 2.75) is 38.1 Å². The van der Waals surface area contributed by atoms with E-state index in [0.717, 1.165) is 5.56 Å². The Morgan fingerprint density at radius 1 is 1.18 bits per heavy atom. The lowest BCUT2D eigenvalue weighted by Gasteiger charge is -2.27. The van der Waals surface area contributed by atoms with E-state index in [4.69, 9.17) is 9.84 Å². The summed E-state index contributed by atoms with van der Waals surface area (Å²) in [5.41, 5.74) is 3.51. The Bertz CT molecular complexity index is 1330. The van der Waals surface area contributed by atoms with Gasteiger partial charge in [-0.1, -0.05) is 0 Å². The summed E-state index contributed by atoms with van der Waals surface area (Å²) >= 11 is 0. The molecule has 1 aromatic carbocycles. The number of benzene rings is 1. The SMILES string of the molecule is COc1ccc(F)cc1[C@H]1C[C@H](F)CN1c1ccc2ncc(-c3cc(C[C@H](C)O)ccn3)n2n1. The molecular weight excluding hydrogens is 440 g/mol. The van der Waals surface area contributed by atoms with Crippen molar-refractivity contribution < 1.29 is 18.6 Å². The largest absolute Gasteiger partial charge is 0.496 e. The van der Waals surface area contributed by atoms with Gasteiger partial charge < -0.3 is 14.7 Å². The molecule has 7 nitrogen and oxygen atoms in total. The Morgan fingerprint density at radius 2 is 2.03 bits per heavy atom. The average molecular weight is 466 g/mol. The molecule has 0 amide bonds. The molecule has 1 aliphatic heterocycles. The number of pyridine rings is 1. The quantitative estimate of drug-likeness (QED) is 0.461. The summed E-state index contributed by atoms with van der Waals surface area (Å²) in [5.74, 6) is 0.652. The van der Waals surface area contributed by atoms with Crippen molar-refractivity contribution in [2.24, 2.45) is 0 Å². The first-order valence-electron chi connectivity index (χ1n) is 11.1. The second-order valence-corrected chi connectivity index (χ2v) is 8.59. The number of anilines is 1. The van der Waals surface area contributed by atoms with E-state index in [2.05, 4.69) is 9.97 Å². The number of alkyl halides is 1. The second-order valence-electron chi connectivity index (χ2n) is 8.59. The van der Waals surface area contributed by atoms with Gasteiger partial charge in [0.15, 0.2) is 5.65 Å². The summed E-state index contributed by atoms with van der Waals surface area (Å²) in [5, 5.41) is 14.5. The monoisotopic (exact) mass is 465 g/mol. The highest BCUT2D eigenvalue weighted by Gasteiger charge is 2.36. The summed E-state index contributed by atoms with van der Waals surface area (Å²) < 4.78 is 35.8. The van der Waals surface area contributed by atoms with Crippen LogP contribution in [0.5, 0.6) is 5.75 Å². The Hall–Kier alpha value is -3.59. The fraction of sp³-hybridized carbons (Fsp3) is 0.320. The van der Waals surface area contributed by atoms with Gasteiger partial charge in [-0.2, -0.15) is 0 Å². The number of hydrogen-bond acceptors (Lipinski definition) is 6. The molecule has 1 saturated heterocycles. The fourth-order valence-corrected chi connectivity index (χ4v) is 4.57. The van der Waals surface area contributed by atoms with Crippen LogP contribution in [0.2, 0.25) is 0 Å². The number of methoxy groups -OCH3 is 1. The van der Waals surface area contributed by atoms with E-state index in [1.54, 1.807) is 36.0 Å². The van der Waals surface area contributed by atoms with Crippen LogP contribution in [0.25, 0.3) is 17.0 Å². The van der Waals surface area contributed by atoms with Crippen LogP contribution >= 0.6 is 0 Å². The van der Waals surface area contributed by atoms with E-state index in [9.17, 15) is 13.9 Å². The Balaban J connectivity index is 1.55. The third-order valence-corrected chi connectivity index (χ3v) is 6.06. The Kier molecular flexibility index (Phi) is 5.87. The third-order valence-electron chi connectivity index (χ3n) is 6.06. The zero-order valence-corrected chi connectivity index (χ0v) is 18.9. The van der Waals surface area contributed by atoms with Gasteiger partial charge in [-0.15, -0.1) is 5.10 Å². The molecule has 0 aliphatic carbocycles. The highest BCUT2D eigenvalue weighted by atomic mass is 19.1. The second kappa shape index (κ2) is 8.98. The number of halogens is 2. The number of ether oxygens (including phenoxy) is 1. The maximum absolute atomic E-state index is 14.6. The zero-order valence-electron chi connectivity index (χ0n) is 18.9. The molecule has 0 unspecified atom stereocenters. The standard InChI is InChI=1S/C25H25F2N5O2/c1-15(33)9-16-7-8-28-20(10-16)22-13-29-24-5-6-25(30-32(22)24)31-14-18(27)12-21(31)19-11-17(26)3-4-23(19)34-2/h3-8,10-11,13,15,18,21,33H,9,12,14H2,1-2H3/t15-,18-,21+/m0/s1. The molecule has 1 fully saturated rings. The summed E-state index contributed by atoms with van der Waals surface area (Å²) in [6.07, 6.45) is 2.54. The van der Waals surface area contributed by atoms with E-state index in [-0.39, 0.29) is 13.0 Å². The first kappa shape index (κ1) is 22.2. The molecule has 0 spiro atoms. The van der Waals surface area contributed by atoms with Crippen LogP contribution in [-0.2, 0) is 6.42 Å². The molecule has 176 valence electrons. The number of imidazole rings is 1. The number of hydrogen-bond donors (Lipinski definition) is 1. The van der Waals surface area contributed by atoms with Gasteiger partial charge in [0.2, 0.25) is 0 Å². The average Bonchev–Trinajstić information content (AvgIpc) is 3.41. The highest BCUT2D eigenvalue weighted by molar-refractivity contribution is 5.61. The van der Waals surface area contributed by atoms with Gasteiger partial charge in [-0.3, -0.25) is 4.98 Å². The van der Waals surface area contributed by atoms with Crippen LogP contribution in [0.4, 0.5) is 14.6 Å². The number of nitrogens with zero attached hydrogens (tertiary/aromatic N) is 5. The topological polar surface area (TPSA) is 75.8 Å². The van der Waals surface area contributed by atoms with Gasteiger partial charge in [-0.25, -0.2) is 18.3 Å². The molecule has 4 heterocycles. The minimum absolute atomic E-state index is 0.134. The zero-order chi connectivity index (χ0) is 23.8. The van der Waals surface area contributed by atoms with Crippen molar-refractivity contribution in [3.63, 3.8) is 0 Å². The van der Waals surface area contributed by atoms with E-state index in [1.165, 1.54) is 19.2 Å². The lowest BCUT2D eigenvalue weighted by molar-refractivity contribution is 0.195. The molecule has 5 rings (SSSR count). The van der Waals surface area contributed by atoms with E-state index >= 15 is 0 Å². The van der Waals surface area contributed by atoms with Crippen LogP contribution in [0, 0.1) is 5.82 Å².